The third kappa shape index (κ3) is 5.43. The lowest BCUT2D eigenvalue weighted by molar-refractivity contribution is 0.0955. The topological polar surface area (TPSA) is 50.7 Å². The van der Waals surface area contributed by atoms with Crippen LogP contribution in [-0.2, 0) is 6.61 Å². The summed E-state index contributed by atoms with van der Waals surface area (Å²) in [6, 6.07) is 24.2. The molecule has 136 valence electrons. The Labute approximate surface area is 163 Å². The summed E-state index contributed by atoms with van der Waals surface area (Å²) in [5.41, 5.74) is 5.75. The fourth-order valence-corrected chi connectivity index (χ4v) is 2.52. The van der Waals surface area contributed by atoms with Crippen LogP contribution >= 0.6 is 11.6 Å². The van der Waals surface area contributed by atoms with Crippen molar-refractivity contribution in [2.24, 2.45) is 5.10 Å². The first kappa shape index (κ1) is 18.7. The van der Waals surface area contributed by atoms with Gasteiger partial charge in [0, 0.05) is 10.6 Å². The van der Waals surface area contributed by atoms with E-state index < -0.39 is 0 Å². The Kier molecular flexibility index (Phi) is 6.23. The van der Waals surface area contributed by atoms with E-state index in [1.807, 2.05) is 49.4 Å². The summed E-state index contributed by atoms with van der Waals surface area (Å²) >= 11 is 5.87. The van der Waals surface area contributed by atoms with Crippen LogP contribution in [0.3, 0.4) is 0 Å². The third-order valence-corrected chi connectivity index (χ3v) is 4.20. The molecule has 3 aromatic carbocycles. The quantitative estimate of drug-likeness (QED) is 0.480. The van der Waals surface area contributed by atoms with Crippen LogP contribution in [0.1, 0.15) is 28.4 Å². The zero-order valence-electron chi connectivity index (χ0n) is 14.9. The van der Waals surface area contributed by atoms with Gasteiger partial charge in [0.25, 0.3) is 5.91 Å². The number of hydrazone groups is 1. The molecule has 0 saturated carbocycles. The first-order valence-corrected chi connectivity index (χ1v) is 8.87. The van der Waals surface area contributed by atoms with Crippen LogP contribution in [0.25, 0.3) is 0 Å². The maximum absolute atomic E-state index is 12.2. The van der Waals surface area contributed by atoms with Gasteiger partial charge in [0.1, 0.15) is 12.4 Å². The van der Waals surface area contributed by atoms with Crippen LogP contribution in [0.2, 0.25) is 5.02 Å². The van der Waals surface area contributed by atoms with Crippen molar-refractivity contribution in [3.8, 4) is 5.75 Å². The first-order valence-electron chi connectivity index (χ1n) is 8.49. The number of amides is 1. The van der Waals surface area contributed by atoms with Crippen molar-refractivity contribution in [2.45, 2.75) is 13.5 Å². The van der Waals surface area contributed by atoms with Crippen LogP contribution in [0, 0.1) is 0 Å². The maximum atomic E-state index is 12.2. The molecule has 1 N–H and O–H groups in total. The van der Waals surface area contributed by atoms with Crippen LogP contribution in [0.5, 0.6) is 5.75 Å². The van der Waals surface area contributed by atoms with Crippen LogP contribution in [0.4, 0.5) is 0 Å². The Morgan fingerprint density at radius 1 is 0.926 bits per heavy atom. The lowest BCUT2D eigenvalue weighted by Crippen LogP contribution is -2.19. The van der Waals surface area contributed by atoms with E-state index >= 15 is 0 Å². The van der Waals surface area contributed by atoms with Gasteiger partial charge in [-0.3, -0.25) is 4.79 Å². The summed E-state index contributed by atoms with van der Waals surface area (Å²) in [6.07, 6.45) is 0. The molecule has 4 nitrogen and oxygen atoms in total. The van der Waals surface area contributed by atoms with Crippen molar-refractivity contribution in [1.82, 2.24) is 5.43 Å². The second-order valence-corrected chi connectivity index (χ2v) is 6.38. The molecule has 0 aliphatic rings. The normalized spacial score (nSPS) is 11.1. The first-order chi connectivity index (χ1) is 13.1. The van der Waals surface area contributed by atoms with Crippen LogP contribution in [0.15, 0.2) is 84.0 Å². The predicted octanol–water partition coefficient (Wildman–Crippen LogP) is 5.07. The van der Waals surface area contributed by atoms with Crippen molar-refractivity contribution in [2.75, 3.05) is 0 Å². The average molecular weight is 379 g/mol. The number of nitrogens with one attached hydrogen (secondary N) is 1. The van der Waals surface area contributed by atoms with E-state index in [2.05, 4.69) is 10.5 Å². The molecule has 0 radical (unpaired) electrons. The zero-order chi connectivity index (χ0) is 19.1. The Morgan fingerprint density at radius 2 is 1.56 bits per heavy atom. The van der Waals surface area contributed by atoms with Gasteiger partial charge in [-0.15, -0.1) is 0 Å². The van der Waals surface area contributed by atoms with E-state index in [0.29, 0.717) is 28.7 Å². The summed E-state index contributed by atoms with van der Waals surface area (Å²) in [5, 5.41) is 4.80. The average Bonchev–Trinajstić information content (AvgIpc) is 2.72. The summed E-state index contributed by atoms with van der Waals surface area (Å²) in [6.45, 7) is 2.31. The second kappa shape index (κ2) is 9.01. The molecule has 1 amide bonds. The van der Waals surface area contributed by atoms with E-state index in [0.717, 1.165) is 11.1 Å². The molecule has 0 atom stereocenters. The van der Waals surface area contributed by atoms with Gasteiger partial charge in [-0.25, -0.2) is 5.43 Å². The lowest BCUT2D eigenvalue weighted by atomic mass is 10.1. The van der Waals surface area contributed by atoms with E-state index in [1.165, 1.54) is 0 Å². The van der Waals surface area contributed by atoms with Crippen LogP contribution in [-0.4, -0.2) is 11.6 Å². The molecule has 5 heteroatoms. The van der Waals surface area contributed by atoms with Crippen molar-refractivity contribution < 1.29 is 9.53 Å². The number of rotatable bonds is 6. The Morgan fingerprint density at radius 3 is 2.22 bits per heavy atom. The molecular formula is C22H19ClN2O2. The molecule has 0 aromatic heterocycles. The molecule has 0 unspecified atom stereocenters. The molecule has 3 rings (SSSR count). The SMILES string of the molecule is C/C(=N\NC(=O)c1ccc(OCc2ccccc2)cc1)c1ccc(Cl)cc1. The molecule has 0 bridgehead atoms. The molecular weight excluding hydrogens is 360 g/mol. The van der Waals surface area contributed by atoms with E-state index in [-0.39, 0.29) is 5.91 Å². The number of hydrogen-bond donors (Lipinski definition) is 1. The fraction of sp³-hybridized carbons (Fsp3) is 0.0909. The smallest absolute Gasteiger partial charge is 0.271 e. The zero-order valence-corrected chi connectivity index (χ0v) is 15.6. The number of carbonyl (C=O) groups excluding carboxylic acids is 1. The third-order valence-electron chi connectivity index (χ3n) is 3.95. The van der Waals surface area contributed by atoms with E-state index in [9.17, 15) is 4.79 Å². The largest absolute Gasteiger partial charge is 0.489 e. The molecule has 0 spiro atoms. The number of benzene rings is 3. The van der Waals surface area contributed by atoms with Crippen LogP contribution < -0.4 is 10.2 Å². The van der Waals surface area contributed by atoms with Crippen molar-refractivity contribution in [1.29, 1.82) is 0 Å². The van der Waals surface area contributed by atoms with Gasteiger partial charge in [0.05, 0.1) is 5.71 Å². The highest BCUT2D eigenvalue weighted by Gasteiger charge is 2.06. The fourth-order valence-electron chi connectivity index (χ4n) is 2.40. The summed E-state index contributed by atoms with van der Waals surface area (Å²) < 4.78 is 5.72. The highest BCUT2D eigenvalue weighted by molar-refractivity contribution is 6.30. The van der Waals surface area contributed by atoms with Gasteiger partial charge in [-0.1, -0.05) is 54.1 Å². The predicted molar refractivity (Wildman–Crippen MR) is 108 cm³/mol. The van der Waals surface area contributed by atoms with Gasteiger partial charge in [0.2, 0.25) is 0 Å². The minimum atomic E-state index is -0.280. The number of nitrogens with zero attached hydrogens (tertiary/aromatic N) is 1. The minimum Gasteiger partial charge on any atom is -0.489 e. The van der Waals surface area contributed by atoms with Crippen molar-refractivity contribution in [3.05, 3.63) is 101 Å². The summed E-state index contributed by atoms with van der Waals surface area (Å²) in [5.74, 6) is 0.425. The summed E-state index contributed by atoms with van der Waals surface area (Å²) in [4.78, 5) is 12.2. The molecule has 0 fully saturated rings. The number of halogens is 1. The Bertz CT molecular complexity index is 921. The molecule has 0 aliphatic carbocycles. The molecule has 0 saturated heterocycles. The summed E-state index contributed by atoms with van der Waals surface area (Å²) in [7, 11) is 0. The molecule has 0 heterocycles. The van der Waals surface area contributed by atoms with E-state index in [1.54, 1.807) is 36.4 Å². The second-order valence-electron chi connectivity index (χ2n) is 5.94. The Hall–Kier alpha value is -3.11. The van der Waals surface area contributed by atoms with Crippen molar-refractivity contribution >= 4 is 23.2 Å². The van der Waals surface area contributed by atoms with Gasteiger partial charge in [0.15, 0.2) is 0 Å². The van der Waals surface area contributed by atoms with Gasteiger partial charge in [-0.05, 0) is 54.4 Å². The number of carbonyl (C=O) groups is 1. The highest BCUT2D eigenvalue weighted by Crippen LogP contribution is 2.14. The Balaban J connectivity index is 1.57. The molecule has 0 aliphatic heterocycles. The number of ether oxygens (including phenoxy) is 1. The maximum Gasteiger partial charge on any atom is 0.271 e. The van der Waals surface area contributed by atoms with Gasteiger partial charge in [-0.2, -0.15) is 5.10 Å². The molecule has 27 heavy (non-hydrogen) atoms. The monoisotopic (exact) mass is 378 g/mol. The van der Waals surface area contributed by atoms with Gasteiger partial charge < -0.3 is 4.74 Å². The van der Waals surface area contributed by atoms with E-state index in [4.69, 9.17) is 16.3 Å². The highest BCUT2D eigenvalue weighted by atomic mass is 35.5. The van der Waals surface area contributed by atoms with Crippen molar-refractivity contribution in [3.63, 3.8) is 0 Å². The number of hydrogen-bond acceptors (Lipinski definition) is 3. The standard InChI is InChI=1S/C22H19ClN2O2/c1-16(18-7-11-20(23)12-8-18)24-25-22(26)19-9-13-21(14-10-19)27-15-17-5-3-2-4-6-17/h2-14H,15H2,1H3,(H,25,26)/b24-16+. The van der Waals surface area contributed by atoms with Gasteiger partial charge >= 0.3 is 0 Å². The lowest BCUT2D eigenvalue weighted by Gasteiger charge is -2.07. The minimum absolute atomic E-state index is 0.280. The molecule has 3 aromatic rings.